The smallest absolute Gasteiger partial charge is 0.306 e. The molecule has 2 aliphatic rings. The zero-order valence-electron chi connectivity index (χ0n) is 25.8. The van der Waals surface area contributed by atoms with Gasteiger partial charge in [0.1, 0.15) is 35.7 Å². The second kappa shape index (κ2) is 15.6. The maximum absolute atomic E-state index is 12.6. The summed E-state index contributed by atoms with van der Waals surface area (Å²) in [6, 6.07) is 20.1. The molecule has 0 saturated carbocycles. The first kappa shape index (κ1) is 32.9. The number of phenols is 2. The Morgan fingerprint density at radius 2 is 1.68 bits per heavy atom. The molecule has 44 heavy (non-hydrogen) atoms. The Bertz CT molecular complexity index is 1410. The van der Waals surface area contributed by atoms with Crippen LogP contribution in [0, 0.1) is 11.8 Å². The first-order valence-corrected chi connectivity index (χ1v) is 15.5. The first-order valence-electron chi connectivity index (χ1n) is 15.5. The van der Waals surface area contributed by atoms with E-state index < -0.39 is 5.97 Å². The molecule has 0 aliphatic carbocycles. The van der Waals surface area contributed by atoms with Crippen LogP contribution in [0.25, 0.3) is 11.1 Å². The van der Waals surface area contributed by atoms with Gasteiger partial charge in [-0.25, -0.2) is 0 Å². The van der Waals surface area contributed by atoms with Gasteiger partial charge in [0.15, 0.2) is 0 Å². The Morgan fingerprint density at radius 3 is 2.30 bits per heavy atom. The van der Waals surface area contributed by atoms with Crippen molar-refractivity contribution in [1.29, 1.82) is 0 Å². The van der Waals surface area contributed by atoms with E-state index in [1.807, 2.05) is 57.2 Å². The van der Waals surface area contributed by atoms with Gasteiger partial charge in [0.05, 0.1) is 12.6 Å². The molecule has 1 saturated heterocycles. The number of alkyl halides is 1. The van der Waals surface area contributed by atoms with Gasteiger partial charge in [-0.1, -0.05) is 51.0 Å². The van der Waals surface area contributed by atoms with Crippen LogP contribution in [0.5, 0.6) is 23.0 Å². The van der Waals surface area contributed by atoms with Crippen molar-refractivity contribution in [3.8, 4) is 23.0 Å². The quantitative estimate of drug-likeness (QED) is 0.194. The Kier molecular flexibility index (Phi) is 11.7. The zero-order valence-corrected chi connectivity index (χ0v) is 25.8. The van der Waals surface area contributed by atoms with Gasteiger partial charge in [0.2, 0.25) is 0 Å². The molecule has 8 heteroatoms. The molecule has 5 rings (SSSR count). The number of phenolic OH excluding ortho intramolecular Hbond substituents is 2. The van der Waals surface area contributed by atoms with Crippen molar-refractivity contribution >= 4 is 17.1 Å². The second-order valence-corrected chi connectivity index (χ2v) is 11.6. The molecule has 0 aromatic heterocycles. The highest BCUT2D eigenvalue weighted by Crippen LogP contribution is 2.47. The summed E-state index contributed by atoms with van der Waals surface area (Å²) in [5.41, 5.74) is 4.56. The molecule has 1 atom stereocenters. The fourth-order valence-corrected chi connectivity index (χ4v) is 5.79. The van der Waals surface area contributed by atoms with Crippen molar-refractivity contribution in [1.82, 2.24) is 4.90 Å². The zero-order chi connectivity index (χ0) is 31.6. The van der Waals surface area contributed by atoms with E-state index in [0.717, 1.165) is 78.9 Å². The van der Waals surface area contributed by atoms with Gasteiger partial charge in [-0.15, -0.1) is 0 Å². The molecule has 2 aliphatic heterocycles. The summed E-state index contributed by atoms with van der Waals surface area (Å²) in [7, 11) is 0. The van der Waals surface area contributed by atoms with E-state index >= 15 is 0 Å². The standard InChI is InChI=1S/C28H28FNO4.C8H16O2/c1-18-25-14-23(32)7-10-26(25)34-28(27(18)21-3-2-4-22(31)13-21)20-5-8-24(9-6-20)33-12-11-30-16-19(15-29)17-30;1-3-5-7(6-4-2)8(9)10/h2-10,13-14,19,28,31-32H,11-12,15-17H2,1H3;7H,3-6H2,1-2H3,(H,9,10). The SMILES string of the molecule is CC1=C(c2cccc(O)c2)C(c2ccc(OCCN3CC(CF)C3)cc2)Oc2ccc(O)cc21.CCCC(CCC)C(=O)O. The number of aliphatic carboxylic acids is 1. The summed E-state index contributed by atoms with van der Waals surface area (Å²) in [6.07, 6.45) is 3.20. The molecular weight excluding hydrogens is 561 g/mol. The van der Waals surface area contributed by atoms with Crippen LogP contribution in [0.1, 0.15) is 69.2 Å². The average molecular weight is 606 g/mol. The van der Waals surface area contributed by atoms with Crippen molar-refractivity contribution < 1.29 is 34.0 Å². The van der Waals surface area contributed by atoms with Crippen LogP contribution < -0.4 is 9.47 Å². The number of ether oxygens (including phenoxy) is 2. The molecule has 3 aromatic carbocycles. The predicted octanol–water partition coefficient (Wildman–Crippen LogP) is 7.73. The number of likely N-dealkylation sites (tertiary alicyclic amines) is 1. The van der Waals surface area contributed by atoms with Gasteiger partial charge >= 0.3 is 5.97 Å². The van der Waals surface area contributed by atoms with Crippen LogP contribution in [0.3, 0.4) is 0 Å². The normalized spacial score (nSPS) is 16.4. The third-order valence-electron chi connectivity index (χ3n) is 8.17. The van der Waals surface area contributed by atoms with E-state index in [1.165, 1.54) is 0 Å². The highest BCUT2D eigenvalue weighted by Gasteiger charge is 2.30. The number of aromatic hydroxyl groups is 2. The van der Waals surface area contributed by atoms with Crippen LogP contribution in [0.15, 0.2) is 66.7 Å². The van der Waals surface area contributed by atoms with E-state index in [9.17, 15) is 19.4 Å². The highest BCUT2D eigenvalue weighted by atomic mass is 19.1. The molecule has 0 spiro atoms. The first-order chi connectivity index (χ1) is 21.2. The fraction of sp³-hybridized carbons (Fsp3) is 0.417. The van der Waals surface area contributed by atoms with Gasteiger partial charge < -0.3 is 24.8 Å². The molecule has 1 fully saturated rings. The Hall–Kier alpha value is -4.04. The molecule has 0 bridgehead atoms. The Labute approximate surface area is 259 Å². The molecular formula is C36H44FNO6. The summed E-state index contributed by atoms with van der Waals surface area (Å²) >= 11 is 0. The van der Waals surface area contributed by atoms with Crippen molar-refractivity contribution in [2.45, 2.75) is 52.6 Å². The van der Waals surface area contributed by atoms with Crippen LogP contribution >= 0.6 is 0 Å². The summed E-state index contributed by atoms with van der Waals surface area (Å²) < 4.78 is 24.9. The van der Waals surface area contributed by atoms with E-state index in [-0.39, 0.29) is 36.1 Å². The number of hydrogen-bond donors (Lipinski definition) is 3. The van der Waals surface area contributed by atoms with Crippen LogP contribution in [-0.2, 0) is 4.79 Å². The molecule has 3 N–H and O–H groups in total. The second-order valence-electron chi connectivity index (χ2n) is 11.6. The van der Waals surface area contributed by atoms with E-state index in [0.29, 0.717) is 12.4 Å². The summed E-state index contributed by atoms with van der Waals surface area (Å²) in [5.74, 6) is 1.27. The number of benzene rings is 3. The van der Waals surface area contributed by atoms with Gasteiger partial charge in [0, 0.05) is 36.7 Å². The number of carbonyl (C=O) groups is 1. The number of hydrogen-bond acceptors (Lipinski definition) is 6. The lowest BCUT2D eigenvalue weighted by molar-refractivity contribution is -0.142. The summed E-state index contributed by atoms with van der Waals surface area (Å²) in [6.45, 7) is 8.76. The highest BCUT2D eigenvalue weighted by molar-refractivity contribution is 5.95. The monoisotopic (exact) mass is 605 g/mol. The van der Waals surface area contributed by atoms with Crippen molar-refractivity contribution in [2.24, 2.45) is 11.8 Å². The minimum absolute atomic E-state index is 0.102. The average Bonchev–Trinajstić information content (AvgIpc) is 2.99. The van der Waals surface area contributed by atoms with Gasteiger partial charge in [0.25, 0.3) is 0 Å². The largest absolute Gasteiger partial charge is 0.508 e. The third kappa shape index (κ3) is 8.32. The number of halogens is 1. The fourth-order valence-electron chi connectivity index (χ4n) is 5.79. The lowest BCUT2D eigenvalue weighted by atomic mass is 9.86. The Morgan fingerprint density at radius 1 is 1.00 bits per heavy atom. The van der Waals surface area contributed by atoms with Gasteiger partial charge in [-0.3, -0.25) is 14.1 Å². The summed E-state index contributed by atoms with van der Waals surface area (Å²) in [4.78, 5) is 12.7. The lowest BCUT2D eigenvalue weighted by Crippen LogP contribution is -2.49. The van der Waals surface area contributed by atoms with Crippen LogP contribution in [0.2, 0.25) is 0 Å². The van der Waals surface area contributed by atoms with E-state index in [1.54, 1.807) is 30.3 Å². The van der Waals surface area contributed by atoms with Gasteiger partial charge in [-0.2, -0.15) is 0 Å². The van der Waals surface area contributed by atoms with Crippen molar-refractivity contribution in [3.63, 3.8) is 0 Å². The number of fused-ring (bicyclic) bond motifs is 1. The third-order valence-corrected chi connectivity index (χ3v) is 8.17. The number of carboxylic acid groups (broad SMARTS) is 1. The Balaban J connectivity index is 0.000000382. The van der Waals surface area contributed by atoms with Crippen LogP contribution in [-0.4, -0.2) is 59.1 Å². The minimum Gasteiger partial charge on any atom is -0.508 e. The number of allylic oxidation sites excluding steroid dienone is 1. The number of nitrogens with zero attached hydrogens (tertiary/aromatic N) is 1. The van der Waals surface area contributed by atoms with E-state index in [2.05, 4.69) is 4.90 Å². The maximum Gasteiger partial charge on any atom is 0.306 e. The van der Waals surface area contributed by atoms with Crippen molar-refractivity contribution in [3.05, 3.63) is 83.4 Å². The number of carboxylic acids is 1. The summed E-state index contributed by atoms with van der Waals surface area (Å²) in [5, 5.41) is 28.7. The lowest BCUT2D eigenvalue weighted by Gasteiger charge is -2.37. The van der Waals surface area contributed by atoms with Gasteiger partial charge in [-0.05, 0) is 78.9 Å². The molecule has 0 radical (unpaired) electrons. The molecule has 1 unspecified atom stereocenters. The molecule has 236 valence electrons. The molecule has 2 heterocycles. The molecule has 3 aromatic rings. The van der Waals surface area contributed by atoms with Crippen molar-refractivity contribution in [2.75, 3.05) is 32.9 Å². The predicted molar refractivity (Wildman–Crippen MR) is 171 cm³/mol. The minimum atomic E-state index is -0.635. The van der Waals surface area contributed by atoms with Crippen LogP contribution in [0.4, 0.5) is 4.39 Å². The molecule has 7 nitrogen and oxygen atoms in total. The number of rotatable bonds is 12. The topological polar surface area (TPSA) is 99.5 Å². The molecule has 0 amide bonds. The van der Waals surface area contributed by atoms with E-state index in [4.69, 9.17) is 14.6 Å². The maximum atomic E-state index is 12.6.